The highest BCUT2D eigenvalue weighted by molar-refractivity contribution is 5.96. The number of aliphatic hydroxyl groups excluding tert-OH is 1. The second-order valence-electron chi connectivity index (χ2n) is 7.90. The molecule has 3 aromatic carbocycles. The Morgan fingerprint density at radius 3 is 2.21 bits per heavy atom. The number of carbonyl (C=O) groups is 2. The highest BCUT2D eigenvalue weighted by Crippen LogP contribution is 2.34. The van der Waals surface area contributed by atoms with Crippen LogP contribution < -0.4 is 4.74 Å². The van der Waals surface area contributed by atoms with Crippen molar-refractivity contribution in [2.24, 2.45) is 0 Å². The molecule has 4 rings (SSSR count). The van der Waals surface area contributed by atoms with E-state index in [4.69, 9.17) is 9.47 Å². The third-order valence-electron chi connectivity index (χ3n) is 5.85. The number of esters is 1. The molecule has 34 heavy (non-hydrogen) atoms. The molecule has 0 aliphatic carbocycles. The van der Waals surface area contributed by atoms with E-state index in [0.717, 1.165) is 11.1 Å². The van der Waals surface area contributed by atoms with Gasteiger partial charge >= 0.3 is 5.97 Å². The third-order valence-corrected chi connectivity index (χ3v) is 5.85. The molecule has 3 atom stereocenters. The zero-order valence-electron chi connectivity index (χ0n) is 18.8. The summed E-state index contributed by atoms with van der Waals surface area (Å²) in [5, 5.41) is 11.3. The van der Waals surface area contributed by atoms with Crippen molar-refractivity contribution in [2.75, 3.05) is 7.11 Å². The summed E-state index contributed by atoms with van der Waals surface area (Å²) >= 11 is 0. The summed E-state index contributed by atoms with van der Waals surface area (Å²) in [6, 6.07) is 24.3. The number of rotatable bonds is 8. The Hall–Kier alpha value is -4.12. The first-order chi connectivity index (χ1) is 16.5. The van der Waals surface area contributed by atoms with E-state index in [0.29, 0.717) is 11.3 Å². The zero-order valence-corrected chi connectivity index (χ0v) is 18.8. The Morgan fingerprint density at radius 1 is 1.00 bits per heavy atom. The Labute approximate surface area is 198 Å². The molecule has 1 aliphatic heterocycles. The van der Waals surface area contributed by atoms with Gasteiger partial charge in [0.2, 0.25) is 6.10 Å². The largest absolute Gasteiger partial charge is 0.497 e. The molecule has 0 radical (unpaired) electrons. The van der Waals surface area contributed by atoms with Crippen LogP contribution in [0.2, 0.25) is 0 Å². The van der Waals surface area contributed by atoms with Crippen LogP contribution >= 0.6 is 0 Å². The third kappa shape index (κ3) is 4.64. The maximum Gasteiger partial charge on any atom is 0.338 e. The van der Waals surface area contributed by atoms with Crippen LogP contribution in [0.25, 0.3) is 5.57 Å². The van der Waals surface area contributed by atoms with Gasteiger partial charge in [0, 0.05) is 12.1 Å². The molecule has 0 saturated carbocycles. The average Bonchev–Trinajstić information content (AvgIpc) is 2.89. The Kier molecular flexibility index (Phi) is 6.93. The number of aliphatic hydroxyl groups is 1. The molecule has 3 aromatic rings. The first-order valence-corrected chi connectivity index (χ1v) is 10.9. The summed E-state index contributed by atoms with van der Waals surface area (Å²) in [6.45, 7) is 4.01. The molecule has 0 bridgehead atoms. The molecular weight excluding hydrogens is 430 g/mol. The lowest BCUT2D eigenvalue weighted by Gasteiger charge is -2.48. The Balaban J connectivity index is 1.60. The molecule has 1 N–H and O–H groups in total. The van der Waals surface area contributed by atoms with Crippen LogP contribution in [0.4, 0.5) is 0 Å². The van der Waals surface area contributed by atoms with Crippen molar-refractivity contribution < 1.29 is 24.2 Å². The first-order valence-electron chi connectivity index (χ1n) is 10.9. The number of nitrogens with zero attached hydrogens (tertiary/aromatic N) is 1. The van der Waals surface area contributed by atoms with Crippen LogP contribution in [-0.4, -0.2) is 47.2 Å². The molecule has 1 aliphatic rings. The average molecular weight is 456 g/mol. The van der Waals surface area contributed by atoms with Gasteiger partial charge in [-0.25, -0.2) is 4.79 Å². The van der Waals surface area contributed by atoms with Crippen molar-refractivity contribution in [3.8, 4) is 5.75 Å². The Morgan fingerprint density at radius 2 is 1.62 bits per heavy atom. The summed E-state index contributed by atoms with van der Waals surface area (Å²) in [4.78, 5) is 27.4. The quantitative estimate of drug-likeness (QED) is 0.317. The van der Waals surface area contributed by atoms with Gasteiger partial charge in [-0.05, 0) is 35.4 Å². The maximum absolute atomic E-state index is 13.1. The lowest BCUT2D eigenvalue weighted by molar-refractivity contribution is -0.175. The second-order valence-corrected chi connectivity index (χ2v) is 7.90. The highest BCUT2D eigenvalue weighted by atomic mass is 16.6. The van der Waals surface area contributed by atoms with Crippen molar-refractivity contribution in [3.63, 3.8) is 0 Å². The molecule has 0 aromatic heterocycles. The molecule has 0 spiro atoms. The van der Waals surface area contributed by atoms with Gasteiger partial charge in [0.25, 0.3) is 5.91 Å². The molecule has 6 heteroatoms. The van der Waals surface area contributed by atoms with Crippen LogP contribution in [0, 0.1) is 0 Å². The zero-order chi connectivity index (χ0) is 24.1. The predicted octanol–water partition coefficient (Wildman–Crippen LogP) is 3.86. The summed E-state index contributed by atoms with van der Waals surface area (Å²) in [5.41, 5.74) is 5.15. The number of carbonyl (C=O) groups excluding carboxylic acids is 2. The van der Waals surface area contributed by atoms with E-state index >= 15 is 0 Å². The van der Waals surface area contributed by atoms with E-state index in [1.807, 2.05) is 60.7 Å². The SMILES string of the molecule is C=C=C(c1ccccc1)[C@H](O)[C@H]1[C@@H](OC(=O)c2ccc(OC)cc2)C(=O)N1Cc1ccccc1. The van der Waals surface area contributed by atoms with E-state index in [-0.39, 0.29) is 18.0 Å². The highest BCUT2D eigenvalue weighted by Gasteiger charge is 2.54. The number of likely N-dealkylation sites (tertiary alicyclic amines) is 1. The van der Waals surface area contributed by atoms with Crippen molar-refractivity contribution >= 4 is 17.4 Å². The van der Waals surface area contributed by atoms with Crippen molar-refractivity contribution in [1.29, 1.82) is 0 Å². The fourth-order valence-corrected chi connectivity index (χ4v) is 4.03. The summed E-state index contributed by atoms with van der Waals surface area (Å²) in [6.07, 6.45) is -2.30. The number of benzene rings is 3. The topological polar surface area (TPSA) is 76.1 Å². The van der Waals surface area contributed by atoms with Crippen LogP contribution in [0.3, 0.4) is 0 Å². The Bertz CT molecular complexity index is 1200. The number of hydrogen-bond acceptors (Lipinski definition) is 5. The number of hydrogen-bond donors (Lipinski definition) is 1. The summed E-state index contributed by atoms with van der Waals surface area (Å²) in [5.74, 6) is -0.421. The molecule has 1 heterocycles. The monoisotopic (exact) mass is 455 g/mol. The fraction of sp³-hybridized carbons (Fsp3) is 0.179. The van der Waals surface area contributed by atoms with E-state index in [2.05, 4.69) is 12.3 Å². The number of methoxy groups -OCH3 is 1. The van der Waals surface area contributed by atoms with Gasteiger partial charge in [-0.15, -0.1) is 5.73 Å². The molecule has 0 unspecified atom stereocenters. The predicted molar refractivity (Wildman–Crippen MR) is 128 cm³/mol. The van der Waals surface area contributed by atoms with Gasteiger partial charge in [0.05, 0.1) is 12.7 Å². The summed E-state index contributed by atoms with van der Waals surface area (Å²) < 4.78 is 10.7. The molecule has 6 nitrogen and oxygen atoms in total. The summed E-state index contributed by atoms with van der Waals surface area (Å²) in [7, 11) is 1.53. The molecular formula is C28H25NO5. The van der Waals surface area contributed by atoms with E-state index in [9.17, 15) is 14.7 Å². The van der Waals surface area contributed by atoms with Crippen LogP contribution in [-0.2, 0) is 16.1 Å². The van der Waals surface area contributed by atoms with Crippen LogP contribution in [0.15, 0.2) is 97.2 Å². The van der Waals surface area contributed by atoms with Gasteiger partial charge in [0.1, 0.15) is 17.9 Å². The van der Waals surface area contributed by atoms with Crippen LogP contribution in [0.5, 0.6) is 5.75 Å². The first kappa shape index (κ1) is 23.1. The van der Waals surface area contributed by atoms with Crippen LogP contribution in [0.1, 0.15) is 21.5 Å². The van der Waals surface area contributed by atoms with Crippen molar-refractivity contribution in [2.45, 2.75) is 24.8 Å². The minimum Gasteiger partial charge on any atom is -0.497 e. The van der Waals surface area contributed by atoms with Crippen molar-refractivity contribution in [3.05, 3.63) is 114 Å². The molecule has 1 fully saturated rings. The molecule has 1 saturated heterocycles. The molecule has 172 valence electrons. The lowest BCUT2D eigenvalue weighted by atomic mass is 9.85. The molecule has 1 amide bonds. The standard InChI is InChI=1S/C28H25NO5/c1-3-23(20-12-8-5-9-13-20)25(30)24-26(27(31)29(24)18-19-10-6-4-7-11-19)34-28(32)21-14-16-22(33-2)17-15-21/h4-17,24-26,30H,1,18H2,2H3/t24-,25-,26+/m0/s1. The minimum atomic E-state index is -1.16. The number of ether oxygens (including phenoxy) is 2. The van der Waals surface area contributed by atoms with E-state index in [1.165, 1.54) is 12.0 Å². The van der Waals surface area contributed by atoms with Gasteiger partial charge in [-0.3, -0.25) is 4.79 Å². The van der Waals surface area contributed by atoms with Crippen molar-refractivity contribution in [1.82, 2.24) is 4.90 Å². The van der Waals surface area contributed by atoms with Gasteiger partial charge in [0.15, 0.2) is 0 Å². The van der Waals surface area contributed by atoms with E-state index in [1.54, 1.807) is 24.3 Å². The normalized spacial score (nSPS) is 17.8. The second kappa shape index (κ2) is 10.2. The number of β-lactam (4-membered cyclic amide) rings is 1. The smallest absolute Gasteiger partial charge is 0.338 e. The van der Waals surface area contributed by atoms with Gasteiger partial charge in [-0.2, -0.15) is 0 Å². The lowest BCUT2D eigenvalue weighted by Crippen LogP contribution is -2.69. The van der Waals surface area contributed by atoms with E-state index < -0.39 is 24.2 Å². The van der Waals surface area contributed by atoms with Gasteiger partial charge < -0.3 is 19.5 Å². The minimum absolute atomic E-state index is 0.275. The fourth-order valence-electron chi connectivity index (χ4n) is 4.03. The maximum atomic E-state index is 13.1. The number of amides is 1. The van der Waals surface area contributed by atoms with Gasteiger partial charge in [-0.1, -0.05) is 67.2 Å².